The minimum Gasteiger partial charge on any atom is -0.302 e. The van der Waals surface area contributed by atoms with Crippen molar-refractivity contribution in [3.8, 4) is 0 Å². The number of nitrogens with zero attached hydrogens (tertiary/aromatic N) is 2. The molecule has 0 saturated heterocycles. The first-order chi connectivity index (χ1) is 11.7. The van der Waals surface area contributed by atoms with Gasteiger partial charge in [0.1, 0.15) is 0 Å². The molecule has 0 atom stereocenters. The monoisotopic (exact) mass is 340 g/mol. The van der Waals surface area contributed by atoms with Crippen LogP contribution in [-0.2, 0) is 12.8 Å². The van der Waals surface area contributed by atoms with Gasteiger partial charge in [0.25, 0.3) is 0 Å². The van der Waals surface area contributed by atoms with Gasteiger partial charge in [-0.2, -0.15) is 0 Å². The number of fused-ring (bicyclic) bond motifs is 2. The molecule has 0 amide bonds. The zero-order valence-electron chi connectivity index (χ0n) is 14.6. The van der Waals surface area contributed by atoms with Crippen molar-refractivity contribution in [3.63, 3.8) is 0 Å². The largest absolute Gasteiger partial charge is 0.302 e. The van der Waals surface area contributed by atoms with Gasteiger partial charge in [-0.15, -0.1) is 0 Å². The summed E-state index contributed by atoms with van der Waals surface area (Å²) in [5.41, 5.74) is 6.17. The number of hydrogen-bond donors (Lipinski definition) is 0. The molecule has 0 saturated carbocycles. The normalized spacial score (nSPS) is 15.2. The maximum absolute atomic E-state index is 6.49. The summed E-state index contributed by atoms with van der Waals surface area (Å²) in [5.74, 6) is 0. The Hall–Kier alpha value is -1.64. The van der Waals surface area contributed by atoms with Crippen molar-refractivity contribution >= 4 is 17.3 Å². The number of aryl methyl sites for hydroxylation is 1. The van der Waals surface area contributed by atoms with E-state index in [1.807, 2.05) is 12.1 Å². The fourth-order valence-corrected chi connectivity index (χ4v) is 3.69. The standard InChI is InChI=1S/C21H25ClN2/c1-3-24(4-2)15-14-23-21-17-9-6-5-8-16(17)12-13-18-19(21)10-7-11-20(18)22/h5-11H,3-4,12-15H2,1-2H3. The highest BCUT2D eigenvalue weighted by molar-refractivity contribution is 6.32. The van der Waals surface area contributed by atoms with Gasteiger partial charge >= 0.3 is 0 Å². The molecule has 0 radical (unpaired) electrons. The van der Waals surface area contributed by atoms with Gasteiger partial charge < -0.3 is 4.90 Å². The lowest BCUT2D eigenvalue weighted by atomic mass is 9.98. The first-order valence-electron chi connectivity index (χ1n) is 8.87. The van der Waals surface area contributed by atoms with Crippen LogP contribution in [-0.4, -0.2) is 36.8 Å². The number of aliphatic imine (C=N–C) groups is 1. The van der Waals surface area contributed by atoms with Gasteiger partial charge in [0.05, 0.1) is 12.3 Å². The van der Waals surface area contributed by atoms with Gasteiger partial charge in [-0.1, -0.05) is 61.8 Å². The van der Waals surface area contributed by atoms with Crippen molar-refractivity contribution in [2.24, 2.45) is 4.99 Å². The van der Waals surface area contributed by atoms with Crippen molar-refractivity contribution in [3.05, 3.63) is 69.7 Å². The molecule has 1 aliphatic carbocycles. The van der Waals surface area contributed by atoms with Crippen LogP contribution < -0.4 is 0 Å². The highest BCUT2D eigenvalue weighted by Gasteiger charge is 2.20. The van der Waals surface area contributed by atoms with E-state index in [0.29, 0.717) is 0 Å². The van der Waals surface area contributed by atoms with E-state index in [1.165, 1.54) is 22.3 Å². The Kier molecular flexibility index (Phi) is 5.70. The van der Waals surface area contributed by atoms with Gasteiger partial charge in [-0.05, 0) is 43.1 Å². The number of likely N-dealkylation sites (N-methyl/N-ethyl adjacent to an activating group) is 1. The molecule has 0 aromatic heterocycles. The summed E-state index contributed by atoms with van der Waals surface area (Å²) in [7, 11) is 0. The minimum atomic E-state index is 0.817. The lowest BCUT2D eigenvalue weighted by Gasteiger charge is -2.17. The molecule has 2 nitrogen and oxygen atoms in total. The Morgan fingerprint density at radius 3 is 2.50 bits per heavy atom. The molecule has 126 valence electrons. The van der Waals surface area contributed by atoms with Crippen LogP contribution in [0.15, 0.2) is 47.5 Å². The van der Waals surface area contributed by atoms with E-state index in [0.717, 1.165) is 49.8 Å². The van der Waals surface area contributed by atoms with E-state index in [-0.39, 0.29) is 0 Å². The number of hydrogen-bond acceptors (Lipinski definition) is 2. The molecule has 2 aromatic rings. The Balaban J connectivity index is 2.01. The predicted octanol–water partition coefficient (Wildman–Crippen LogP) is 4.62. The minimum absolute atomic E-state index is 0.817. The lowest BCUT2D eigenvalue weighted by Crippen LogP contribution is -2.26. The average molecular weight is 341 g/mol. The highest BCUT2D eigenvalue weighted by Crippen LogP contribution is 2.29. The van der Waals surface area contributed by atoms with Gasteiger partial charge in [0, 0.05) is 22.7 Å². The molecule has 0 bridgehead atoms. The third-order valence-corrected chi connectivity index (χ3v) is 5.23. The molecule has 0 aliphatic heterocycles. The van der Waals surface area contributed by atoms with E-state index < -0.39 is 0 Å². The molecule has 0 spiro atoms. The number of benzene rings is 2. The molecule has 24 heavy (non-hydrogen) atoms. The van der Waals surface area contributed by atoms with Gasteiger partial charge in [-0.3, -0.25) is 4.99 Å². The van der Waals surface area contributed by atoms with E-state index in [4.69, 9.17) is 16.6 Å². The Morgan fingerprint density at radius 2 is 1.71 bits per heavy atom. The lowest BCUT2D eigenvalue weighted by molar-refractivity contribution is 0.313. The molecule has 0 unspecified atom stereocenters. The third-order valence-electron chi connectivity index (χ3n) is 4.87. The summed E-state index contributed by atoms with van der Waals surface area (Å²) >= 11 is 6.49. The maximum Gasteiger partial charge on any atom is 0.0725 e. The topological polar surface area (TPSA) is 15.6 Å². The molecule has 2 aromatic carbocycles. The second kappa shape index (κ2) is 7.96. The molecule has 0 fully saturated rings. The summed E-state index contributed by atoms with van der Waals surface area (Å²) in [6.45, 7) is 8.35. The quantitative estimate of drug-likeness (QED) is 0.775. The molecule has 3 rings (SSSR count). The van der Waals surface area contributed by atoms with Crippen molar-refractivity contribution in [2.45, 2.75) is 26.7 Å². The zero-order valence-corrected chi connectivity index (χ0v) is 15.3. The first kappa shape index (κ1) is 17.2. The Morgan fingerprint density at radius 1 is 0.958 bits per heavy atom. The van der Waals surface area contributed by atoms with E-state index in [9.17, 15) is 0 Å². The second-order valence-electron chi connectivity index (χ2n) is 6.18. The fourth-order valence-electron chi connectivity index (χ4n) is 3.42. The van der Waals surface area contributed by atoms with Crippen LogP contribution in [0.1, 0.15) is 36.1 Å². The van der Waals surface area contributed by atoms with Crippen LogP contribution in [0.25, 0.3) is 0 Å². The molecule has 0 heterocycles. The number of halogens is 1. The van der Waals surface area contributed by atoms with Crippen LogP contribution in [0, 0.1) is 0 Å². The molecule has 3 heteroatoms. The van der Waals surface area contributed by atoms with Crippen LogP contribution in [0.4, 0.5) is 0 Å². The summed E-state index contributed by atoms with van der Waals surface area (Å²) in [6.07, 6.45) is 1.99. The van der Waals surface area contributed by atoms with Gasteiger partial charge in [0.2, 0.25) is 0 Å². The highest BCUT2D eigenvalue weighted by atomic mass is 35.5. The Bertz CT molecular complexity index is 732. The smallest absolute Gasteiger partial charge is 0.0725 e. The third kappa shape index (κ3) is 3.55. The number of rotatable bonds is 5. The Labute approximate surface area is 150 Å². The first-order valence-corrected chi connectivity index (χ1v) is 9.25. The van der Waals surface area contributed by atoms with Crippen molar-refractivity contribution in [1.82, 2.24) is 4.90 Å². The average Bonchev–Trinajstić information content (AvgIpc) is 2.77. The SMILES string of the molecule is CCN(CC)CCN=C1c2ccccc2CCc2c(Cl)cccc21. The van der Waals surface area contributed by atoms with E-state index in [2.05, 4.69) is 49.1 Å². The van der Waals surface area contributed by atoms with Crippen LogP contribution in [0.2, 0.25) is 5.02 Å². The zero-order chi connectivity index (χ0) is 16.9. The summed E-state index contributed by atoms with van der Waals surface area (Å²) in [6, 6.07) is 14.8. The van der Waals surface area contributed by atoms with E-state index >= 15 is 0 Å². The van der Waals surface area contributed by atoms with Crippen LogP contribution in [0.5, 0.6) is 0 Å². The summed E-state index contributed by atoms with van der Waals surface area (Å²) < 4.78 is 0. The molecule has 1 aliphatic rings. The fraction of sp³-hybridized carbons (Fsp3) is 0.381. The molecular weight excluding hydrogens is 316 g/mol. The van der Waals surface area contributed by atoms with Crippen LogP contribution in [0.3, 0.4) is 0 Å². The van der Waals surface area contributed by atoms with Crippen molar-refractivity contribution in [1.29, 1.82) is 0 Å². The van der Waals surface area contributed by atoms with Gasteiger partial charge in [0.15, 0.2) is 0 Å². The van der Waals surface area contributed by atoms with Gasteiger partial charge in [-0.25, -0.2) is 0 Å². The van der Waals surface area contributed by atoms with Crippen molar-refractivity contribution in [2.75, 3.05) is 26.2 Å². The molecule has 0 N–H and O–H groups in total. The second-order valence-corrected chi connectivity index (χ2v) is 6.59. The van der Waals surface area contributed by atoms with Crippen molar-refractivity contribution < 1.29 is 0 Å². The molecular formula is C21H25ClN2. The van der Waals surface area contributed by atoms with E-state index in [1.54, 1.807) is 0 Å². The predicted molar refractivity (Wildman–Crippen MR) is 104 cm³/mol. The summed E-state index contributed by atoms with van der Waals surface area (Å²) in [4.78, 5) is 7.43. The van der Waals surface area contributed by atoms with Crippen LogP contribution >= 0.6 is 11.6 Å². The summed E-state index contributed by atoms with van der Waals surface area (Å²) in [5, 5.41) is 0.858. The maximum atomic E-state index is 6.49.